The second kappa shape index (κ2) is 5.83. The van der Waals surface area contributed by atoms with E-state index in [2.05, 4.69) is 27.2 Å². The minimum atomic E-state index is 0.0924. The molecule has 18 heavy (non-hydrogen) atoms. The summed E-state index contributed by atoms with van der Waals surface area (Å²) in [7, 11) is 0. The number of thiocarbonyl (C=S) groups is 1. The van der Waals surface area contributed by atoms with Crippen LogP contribution in [0.1, 0.15) is 30.1 Å². The molecule has 2 heterocycles. The Labute approximate surface area is 114 Å². The van der Waals surface area contributed by atoms with Crippen LogP contribution in [0.4, 0.5) is 5.82 Å². The van der Waals surface area contributed by atoms with Gasteiger partial charge in [-0.15, -0.1) is 11.3 Å². The average molecular weight is 279 g/mol. The maximum Gasteiger partial charge on any atom is 0.155 e. The standard InChI is InChI=1S/C11H13N5S2/c1-2-7(11-15-5-6-18-11)16-10-8(9(12)17)13-3-4-14-10/h3-7H,2H2,1H3,(H2,12,17)(H,14,16). The van der Waals surface area contributed by atoms with E-state index in [1.165, 1.54) is 0 Å². The number of thiazole rings is 1. The lowest BCUT2D eigenvalue weighted by molar-refractivity contribution is 0.736. The minimum Gasteiger partial charge on any atom is -0.388 e. The van der Waals surface area contributed by atoms with Crippen LogP contribution in [-0.2, 0) is 0 Å². The van der Waals surface area contributed by atoms with Crippen molar-refractivity contribution in [3.63, 3.8) is 0 Å². The van der Waals surface area contributed by atoms with E-state index >= 15 is 0 Å². The monoisotopic (exact) mass is 279 g/mol. The van der Waals surface area contributed by atoms with E-state index < -0.39 is 0 Å². The lowest BCUT2D eigenvalue weighted by Crippen LogP contribution is -2.18. The fourth-order valence-electron chi connectivity index (χ4n) is 1.53. The third-order valence-corrected chi connectivity index (χ3v) is 3.48. The summed E-state index contributed by atoms with van der Waals surface area (Å²) in [5.74, 6) is 0.604. The molecule has 7 heteroatoms. The maximum absolute atomic E-state index is 5.63. The number of nitrogens with zero attached hydrogens (tertiary/aromatic N) is 3. The fourth-order valence-corrected chi connectivity index (χ4v) is 2.46. The zero-order chi connectivity index (χ0) is 13.0. The topological polar surface area (TPSA) is 76.7 Å². The number of hydrogen-bond donors (Lipinski definition) is 2. The predicted molar refractivity (Wildman–Crippen MR) is 76.7 cm³/mol. The molecule has 0 radical (unpaired) electrons. The Morgan fingerprint density at radius 1 is 1.39 bits per heavy atom. The molecule has 94 valence electrons. The Morgan fingerprint density at radius 3 is 2.78 bits per heavy atom. The molecule has 0 fully saturated rings. The summed E-state index contributed by atoms with van der Waals surface area (Å²) in [5.41, 5.74) is 6.14. The van der Waals surface area contributed by atoms with Crippen molar-refractivity contribution in [3.8, 4) is 0 Å². The largest absolute Gasteiger partial charge is 0.388 e. The van der Waals surface area contributed by atoms with Gasteiger partial charge in [0.2, 0.25) is 0 Å². The summed E-state index contributed by atoms with van der Waals surface area (Å²) in [6, 6.07) is 0.0924. The Kier molecular flexibility index (Phi) is 4.16. The van der Waals surface area contributed by atoms with Gasteiger partial charge in [0.25, 0.3) is 0 Å². The Morgan fingerprint density at radius 2 is 2.17 bits per heavy atom. The molecule has 2 aromatic heterocycles. The van der Waals surface area contributed by atoms with E-state index in [4.69, 9.17) is 18.0 Å². The molecule has 3 N–H and O–H groups in total. The molecule has 0 aliphatic carbocycles. The molecule has 1 unspecified atom stereocenters. The van der Waals surface area contributed by atoms with Crippen molar-refractivity contribution in [2.75, 3.05) is 5.32 Å². The van der Waals surface area contributed by atoms with Gasteiger partial charge < -0.3 is 11.1 Å². The van der Waals surface area contributed by atoms with Crippen molar-refractivity contribution in [1.29, 1.82) is 0 Å². The van der Waals surface area contributed by atoms with Gasteiger partial charge in [-0.1, -0.05) is 19.1 Å². The van der Waals surface area contributed by atoms with E-state index in [1.54, 1.807) is 29.9 Å². The van der Waals surface area contributed by atoms with Crippen LogP contribution in [0, 0.1) is 0 Å². The molecule has 0 aliphatic rings. The second-order valence-corrected chi connectivity index (χ2v) is 4.96. The highest BCUT2D eigenvalue weighted by Crippen LogP contribution is 2.24. The number of anilines is 1. The normalized spacial score (nSPS) is 12.1. The molecular weight excluding hydrogens is 266 g/mol. The zero-order valence-electron chi connectivity index (χ0n) is 9.83. The molecule has 5 nitrogen and oxygen atoms in total. The van der Waals surface area contributed by atoms with Crippen molar-refractivity contribution in [2.24, 2.45) is 5.73 Å². The van der Waals surface area contributed by atoms with Crippen LogP contribution in [0.2, 0.25) is 0 Å². The highest BCUT2D eigenvalue weighted by Gasteiger charge is 2.15. The van der Waals surface area contributed by atoms with E-state index in [0.29, 0.717) is 11.5 Å². The molecule has 0 saturated heterocycles. The van der Waals surface area contributed by atoms with Gasteiger partial charge in [-0.2, -0.15) is 0 Å². The summed E-state index contributed by atoms with van der Waals surface area (Å²) in [5, 5.41) is 6.25. The Bertz CT molecular complexity index is 526. The summed E-state index contributed by atoms with van der Waals surface area (Å²) in [4.78, 5) is 12.9. The van der Waals surface area contributed by atoms with Crippen molar-refractivity contribution < 1.29 is 0 Å². The lowest BCUT2D eigenvalue weighted by atomic mass is 10.2. The fraction of sp³-hybridized carbons (Fsp3) is 0.273. The van der Waals surface area contributed by atoms with Gasteiger partial charge in [0.1, 0.15) is 15.7 Å². The van der Waals surface area contributed by atoms with E-state index in [-0.39, 0.29) is 11.0 Å². The summed E-state index contributed by atoms with van der Waals surface area (Å²) in [6.07, 6.45) is 5.86. The second-order valence-electron chi connectivity index (χ2n) is 3.59. The summed E-state index contributed by atoms with van der Waals surface area (Å²) < 4.78 is 0. The molecule has 1 atom stereocenters. The van der Waals surface area contributed by atoms with Gasteiger partial charge in [0.15, 0.2) is 5.82 Å². The zero-order valence-corrected chi connectivity index (χ0v) is 11.5. The van der Waals surface area contributed by atoms with Gasteiger partial charge in [0, 0.05) is 24.0 Å². The number of hydrogen-bond acceptors (Lipinski definition) is 6. The van der Waals surface area contributed by atoms with Crippen LogP contribution in [-0.4, -0.2) is 19.9 Å². The molecule has 0 amide bonds. The summed E-state index contributed by atoms with van der Waals surface area (Å²) in [6.45, 7) is 2.08. The van der Waals surface area contributed by atoms with E-state index in [9.17, 15) is 0 Å². The first-order chi connectivity index (χ1) is 8.72. The highest BCUT2D eigenvalue weighted by molar-refractivity contribution is 7.80. The third-order valence-electron chi connectivity index (χ3n) is 2.40. The first-order valence-corrected chi connectivity index (χ1v) is 6.78. The highest BCUT2D eigenvalue weighted by atomic mass is 32.1. The molecule has 0 saturated carbocycles. The minimum absolute atomic E-state index is 0.0924. The number of aromatic nitrogens is 3. The van der Waals surface area contributed by atoms with E-state index in [1.807, 2.05) is 5.38 Å². The number of nitrogens with one attached hydrogen (secondary N) is 1. The van der Waals surface area contributed by atoms with Gasteiger partial charge in [-0.05, 0) is 6.42 Å². The molecule has 0 aliphatic heterocycles. The molecule has 2 aromatic rings. The van der Waals surface area contributed by atoms with Crippen molar-refractivity contribution in [1.82, 2.24) is 15.0 Å². The Hall–Kier alpha value is -1.60. The predicted octanol–water partition coefficient (Wildman–Crippen LogP) is 2.13. The molecule has 0 spiro atoms. The molecule has 2 rings (SSSR count). The van der Waals surface area contributed by atoms with Gasteiger partial charge in [-0.25, -0.2) is 15.0 Å². The Balaban J connectivity index is 2.25. The van der Waals surface area contributed by atoms with Crippen LogP contribution < -0.4 is 11.1 Å². The van der Waals surface area contributed by atoms with E-state index in [0.717, 1.165) is 11.4 Å². The SMILES string of the molecule is CCC(Nc1nccnc1C(N)=S)c1nccs1. The van der Waals surface area contributed by atoms with Crippen molar-refractivity contribution in [3.05, 3.63) is 34.7 Å². The van der Waals surface area contributed by atoms with Crippen LogP contribution in [0.5, 0.6) is 0 Å². The average Bonchev–Trinajstić information content (AvgIpc) is 2.90. The lowest BCUT2D eigenvalue weighted by Gasteiger charge is -2.16. The van der Waals surface area contributed by atoms with Crippen molar-refractivity contribution in [2.45, 2.75) is 19.4 Å². The maximum atomic E-state index is 5.63. The third kappa shape index (κ3) is 2.80. The van der Waals surface area contributed by atoms with Crippen LogP contribution in [0.25, 0.3) is 0 Å². The molecule has 0 bridgehead atoms. The number of nitrogens with two attached hydrogens (primary N) is 1. The van der Waals surface area contributed by atoms with Gasteiger partial charge in [-0.3, -0.25) is 0 Å². The van der Waals surface area contributed by atoms with Crippen LogP contribution in [0.15, 0.2) is 24.0 Å². The number of rotatable bonds is 5. The molecule has 0 aromatic carbocycles. The van der Waals surface area contributed by atoms with Crippen LogP contribution in [0.3, 0.4) is 0 Å². The summed E-state index contributed by atoms with van der Waals surface area (Å²) >= 11 is 6.56. The van der Waals surface area contributed by atoms with Gasteiger partial charge >= 0.3 is 0 Å². The quantitative estimate of drug-likeness (QED) is 0.817. The molecular formula is C11H13N5S2. The first-order valence-electron chi connectivity index (χ1n) is 5.49. The van der Waals surface area contributed by atoms with Crippen molar-refractivity contribution >= 4 is 34.4 Å². The van der Waals surface area contributed by atoms with Gasteiger partial charge in [0.05, 0.1) is 6.04 Å². The smallest absolute Gasteiger partial charge is 0.155 e. The van der Waals surface area contributed by atoms with Crippen LogP contribution >= 0.6 is 23.6 Å². The first kappa shape index (κ1) is 12.8.